The highest BCUT2D eigenvalue weighted by Crippen LogP contribution is 2.33. The van der Waals surface area contributed by atoms with Gasteiger partial charge in [0.15, 0.2) is 0 Å². The van der Waals surface area contributed by atoms with E-state index in [1.807, 2.05) is 0 Å². The summed E-state index contributed by atoms with van der Waals surface area (Å²) in [7, 11) is 0. The first-order valence-corrected chi connectivity index (χ1v) is 9.32. The third-order valence-corrected chi connectivity index (χ3v) is 4.86. The number of guanidine groups is 1. The molecular formula is C18H21ClF3N5O. The Hall–Kier alpha value is -2.26. The molecule has 1 amide bonds. The molecule has 0 radical (unpaired) electrons. The Labute approximate surface area is 165 Å². The van der Waals surface area contributed by atoms with Gasteiger partial charge in [0.05, 0.1) is 17.8 Å². The molecule has 0 unspecified atom stereocenters. The Morgan fingerprint density at radius 3 is 2.75 bits per heavy atom. The first kappa shape index (κ1) is 20.5. The van der Waals surface area contributed by atoms with Crippen molar-refractivity contribution in [3.8, 4) is 0 Å². The lowest BCUT2D eigenvalue weighted by molar-refractivity contribution is -0.127. The summed E-state index contributed by atoms with van der Waals surface area (Å²) in [5, 5.41) is 4.32. The number of halogens is 4. The van der Waals surface area contributed by atoms with Gasteiger partial charge in [-0.2, -0.15) is 13.2 Å². The summed E-state index contributed by atoms with van der Waals surface area (Å²) in [6.45, 7) is 0.575. The Bertz CT molecular complexity index is 809. The molecule has 3 N–H and O–H groups in total. The molecule has 0 aliphatic carbocycles. The molecule has 0 atom stereocenters. The van der Waals surface area contributed by atoms with Crippen molar-refractivity contribution in [2.24, 2.45) is 10.8 Å². The molecule has 2 aliphatic rings. The van der Waals surface area contributed by atoms with Gasteiger partial charge in [-0.05, 0) is 37.5 Å². The van der Waals surface area contributed by atoms with Crippen molar-refractivity contribution in [2.75, 3.05) is 25.0 Å². The van der Waals surface area contributed by atoms with Crippen LogP contribution in [-0.2, 0) is 4.79 Å². The molecule has 6 nitrogen and oxygen atoms in total. The lowest BCUT2D eigenvalue weighted by atomic mass is 10.1. The third kappa shape index (κ3) is 4.96. The summed E-state index contributed by atoms with van der Waals surface area (Å²) in [6.07, 6.45) is -2.72. The van der Waals surface area contributed by atoms with Crippen molar-refractivity contribution >= 4 is 29.2 Å². The van der Waals surface area contributed by atoms with Crippen molar-refractivity contribution in [1.82, 2.24) is 9.91 Å². The molecule has 1 saturated heterocycles. The minimum Gasteiger partial charge on any atom is -0.343 e. The Kier molecular flexibility index (Phi) is 6.14. The van der Waals surface area contributed by atoms with Crippen LogP contribution in [0.1, 0.15) is 25.7 Å². The first-order chi connectivity index (χ1) is 13.2. The molecule has 0 aromatic heterocycles. The normalized spacial score (nSPS) is 18.0. The molecule has 1 aromatic carbocycles. The highest BCUT2D eigenvalue weighted by Gasteiger charge is 2.39. The maximum absolute atomic E-state index is 13.5. The molecule has 1 aromatic rings. The number of nitrogens with two attached hydrogens (primary N) is 1. The summed E-state index contributed by atoms with van der Waals surface area (Å²) in [5.41, 5.74) is -0.260. The van der Waals surface area contributed by atoms with Gasteiger partial charge in [-0.1, -0.05) is 17.7 Å². The Balaban J connectivity index is 1.77. The van der Waals surface area contributed by atoms with E-state index in [1.54, 1.807) is 29.2 Å². The first-order valence-electron chi connectivity index (χ1n) is 8.94. The number of allylic oxidation sites excluding steroid dienone is 1. The lowest BCUT2D eigenvalue weighted by Crippen LogP contribution is -2.47. The van der Waals surface area contributed by atoms with Gasteiger partial charge >= 0.3 is 6.18 Å². The molecule has 0 saturated carbocycles. The van der Waals surface area contributed by atoms with E-state index in [9.17, 15) is 18.0 Å². The number of alkyl halides is 3. The number of hydrogen-bond acceptors (Lipinski definition) is 5. The summed E-state index contributed by atoms with van der Waals surface area (Å²) in [6, 6.07) is 6.73. The molecule has 2 heterocycles. The number of rotatable bonds is 5. The Morgan fingerprint density at radius 1 is 1.32 bits per heavy atom. The van der Waals surface area contributed by atoms with Gasteiger partial charge in [0.1, 0.15) is 0 Å². The van der Waals surface area contributed by atoms with E-state index in [0.29, 0.717) is 36.6 Å². The summed E-state index contributed by atoms with van der Waals surface area (Å²) in [5.74, 6) is 5.94. The lowest BCUT2D eigenvalue weighted by Gasteiger charge is -2.29. The molecule has 152 valence electrons. The van der Waals surface area contributed by atoms with Gasteiger partial charge < -0.3 is 10.2 Å². The van der Waals surface area contributed by atoms with Gasteiger partial charge in [-0.15, -0.1) is 0 Å². The number of benzene rings is 1. The molecular weight excluding hydrogens is 395 g/mol. The minimum atomic E-state index is -4.53. The van der Waals surface area contributed by atoms with Crippen LogP contribution in [0.5, 0.6) is 0 Å². The minimum absolute atomic E-state index is 0.0496. The van der Waals surface area contributed by atoms with Crippen molar-refractivity contribution in [3.63, 3.8) is 0 Å². The molecule has 0 bridgehead atoms. The zero-order valence-electron chi connectivity index (χ0n) is 15.1. The zero-order valence-corrected chi connectivity index (χ0v) is 15.9. The van der Waals surface area contributed by atoms with Crippen molar-refractivity contribution < 1.29 is 18.0 Å². The van der Waals surface area contributed by atoms with E-state index in [-0.39, 0.29) is 24.0 Å². The number of hydrazine groups is 1. The van der Waals surface area contributed by atoms with Crippen LogP contribution in [0.2, 0.25) is 5.02 Å². The van der Waals surface area contributed by atoms with Gasteiger partial charge in [-0.3, -0.25) is 9.80 Å². The Morgan fingerprint density at radius 2 is 2.11 bits per heavy atom. The van der Waals surface area contributed by atoms with Crippen molar-refractivity contribution in [1.29, 1.82) is 0 Å². The standard InChI is InChI=1S/C18H21ClF3N5O/c19-12-4-1-5-13(10-12)24-17-25-15(14(11-27(17)23)18(20,21)22)6-2-8-26-9-3-7-16(26)28/h1,4-5,10H,2-3,6-9,11,23H2,(H,24,25). The number of amides is 1. The van der Waals surface area contributed by atoms with Gasteiger partial charge in [-0.25, -0.2) is 10.8 Å². The molecule has 3 rings (SSSR count). The maximum Gasteiger partial charge on any atom is 0.416 e. The van der Waals surface area contributed by atoms with Crippen LogP contribution in [0, 0.1) is 0 Å². The second-order valence-corrected chi connectivity index (χ2v) is 7.15. The van der Waals surface area contributed by atoms with E-state index in [4.69, 9.17) is 17.4 Å². The van der Waals surface area contributed by atoms with Gasteiger partial charge in [0.25, 0.3) is 0 Å². The van der Waals surface area contributed by atoms with Crippen LogP contribution in [0.15, 0.2) is 40.5 Å². The van der Waals surface area contributed by atoms with Crippen LogP contribution in [-0.4, -0.2) is 47.6 Å². The van der Waals surface area contributed by atoms with E-state index in [1.165, 1.54) is 0 Å². The largest absolute Gasteiger partial charge is 0.416 e. The smallest absolute Gasteiger partial charge is 0.343 e. The van der Waals surface area contributed by atoms with Crippen molar-refractivity contribution in [2.45, 2.75) is 31.9 Å². The number of hydrogen-bond donors (Lipinski definition) is 2. The highest BCUT2D eigenvalue weighted by atomic mass is 35.5. The summed E-state index contributed by atoms with van der Waals surface area (Å²) >= 11 is 5.94. The van der Waals surface area contributed by atoms with Gasteiger partial charge in [0.2, 0.25) is 11.9 Å². The topological polar surface area (TPSA) is 74.0 Å². The predicted molar refractivity (Wildman–Crippen MR) is 102 cm³/mol. The molecule has 0 spiro atoms. The number of nitrogens with zero attached hydrogens (tertiary/aromatic N) is 3. The van der Waals surface area contributed by atoms with Crippen LogP contribution < -0.4 is 11.2 Å². The second-order valence-electron chi connectivity index (χ2n) is 6.71. The predicted octanol–water partition coefficient (Wildman–Crippen LogP) is 3.52. The summed E-state index contributed by atoms with van der Waals surface area (Å²) in [4.78, 5) is 17.5. The average Bonchev–Trinajstić information content (AvgIpc) is 3.01. The molecule has 10 heteroatoms. The van der Waals surface area contributed by atoms with Crippen LogP contribution in [0.25, 0.3) is 0 Å². The number of carbonyl (C=O) groups is 1. The SMILES string of the molecule is NN1CC(C(F)(F)F)=C(CCCN2CCCC2=O)N=C1Nc1cccc(Cl)c1. The highest BCUT2D eigenvalue weighted by molar-refractivity contribution is 6.30. The van der Waals surface area contributed by atoms with E-state index >= 15 is 0 Å². The second kappa shape index (κ2) is 8.40. The van der Waals surface area contributed by atoms with E-state index in [2.05, 4.69) is 10.3 Å². The van der Waals surface area contributed by atoms with Crippen LogP contribution in [0.3, 0.4) is 0 Å². The fraction of sp³-hybridized carbons (Fsp3) is 0.444. The quantitative estimate of drug-likeness (QED) is 0.722. The number of aliphatic imine (C=N–C) groups is 1. The van der Waals surface area contributed by atoms with Crippen LogP contribution in [0.4, 0.5) is 18.9 Å². The monoisotopic (exact) mass is 415 g/mol. The van der Waals surface area contributed by atoms with Crippen molar-refractivity contribution in [3.05, 3.63) is 40.6 Å². The average molecular weight is 416 g/mol. The molecule has 1 fully saturated rings. The fourth-order valence-corrected chi connectivity index (χ4v) is 3.42. The van der Waals surface area contributed by atoms with E-state index < -0.39 is 18.3 Å². The number of likely N-dealkylation sites (tertiary alicyclic amines) is 1. The summed E-state index contributed by atoms with van der Waals surface area (Å²) < 4.78 is 40.4. The molecule has 28 heavy (non-hydrogen) atoms. The zero-order chi connectivity index (χ0) is 20.3. The molecule has 2 aliphatic heterocycles. The van der Waals surface area contributed by atoms with Gasteiger partial charge in [0, 0.05) is 30.2 Å². The maximum atomic E-state index is 13.5. The van der Waals surface area contributed by atoms with Crippen LogP contribution >= 0.6 is 11.6 Å². The van der Waals surface area contributed by atoms with E-state index in [0.717, 1.165) is 11.4 Å². The fourth-order valence-electron chi connectivity index (χ4n) is 3.23. The third-order valence-electron chi connectivity index (χ3n) is 4.63. The number of anilines is 1. The number of carbonyl (C=O) groups excluding carboxylic acids is 1. The number of nitrogens with one attached hydrogen (secondary N) is 1.